The number of carbonyl (C=O) groups excluding carboxylic acids is 1. The number of amides is 1. The first-order valence-electron chi connectivity index (χ1n) is 7.71. The van der Waals surface area contributed by atoms with Gasteiger partial charge in [-0.05, 0) is 11.6 Å². The highest BCUT2D eigenvalue weighted by molar-refractivity contribution is 7.99. The molecular weight excluding hydrogens is 308 g/mol. The lowest BCUT2D eigenvalue weighted by molar-refractivity contribution is -0.122. The number of carbonyl (C=O) groups is 1. The summed E-state index contributed by atoms with van der Waals surface area (Å²) in [5.74, 6) is 2.57. The first-order valence-corrected chi connectivity index (χ1v) is 8.86. The van der Waals surface area contributed by atoms with Crippen molar-refractivity contribution in [2.24, 2.45) is 0 Å². The Labute approximate surface area is 140 Å². The standard InChI is InChI=1S/C18H20N2O2S/c21-18(16-12-23-13-20-16)19-10-11-22-17-9-5-4-8-15(17)14-6-2-1-3-7-14/h1-9,16,20H,10-13H2,(H,19,21)/t16-/m0/s1. The molecule has 1 atom stereocenters. The fraction of sp³-hybridized carbons (Fsp3) is 0.278. The third-order valence-electron chi connectivity index (χ3n) is 3.66. The van der Waals surface area contributed by atoms with Crippen molar-refractivity contribution in [3.63, 3.8) is 0 Å². The SMILES string of the molecule is O=C(NCCOc1ccccc1-c1ccccc1)[C@@H]1CSCN1. The van der Waals surface area contributed by atoms with Crippen LogP contribution in [0.1, 0.15) is 0 Å². The van der Waals surface area contributed by atoms with Crippen molar-refractivity contribution in [3.8, 4) is 16.9 Å². The van der Waals surface area contributed by atoms with Crippen molar-refractivity contribution in [2.45, 2.75) is 6.04 Å². The van der Waals surface area contributed by atoms with Gasteiger partial charge in [-0.25, -0.2) is 0 Å². The van der Waals surface area contributed by atoms with E-state index >= 15 is 0 Å². The van der Waals surface area contributed by atoms with Gasteiger partial charge < -0.3 is 10.1 Å². The van der Waals surface area contributed by atoms with E-state index in [1.807, 2.05) is 42.5 Å². The van der Waals surface area contributed by atoms with Crippen LogP contribution < -0.4 is 15.4 Å². The number of ether oxygens (including phenoxy) is 1. The van der Waals surface area contributed by atoms with Gasteiger partial charge in [0.1, 0.15) is 12.4 Å². The van der Waals surface area contributed by atoms with Crippen LogP contribution in [0.2, 0.25) is 0 Å². The summed E-state index contributed by atoms with van der Waals surface area (Å²) in [6.07, 6.45) is 0. The molecule has 0 aliphatic carbocycles. The van der Waals surface area contributed by atoms with E-state index in [0.29, 0.717) is 13.2 Å². The summed E-state index contributed by atoms with van der Waals surface area (Å²) in [7, 11) is 0. The highest BCUT2D eigenvalue weighted by Crippen LogP contribution is 2.29. The van der Waals surface area contributed by atoms with Crippen molar-refractivity contribution in [2.75, 3.05) is 24.8 Å². The number of hydrogen-bond donors (Lipinski definition) is 2. The van der Waals surface area contributed by atoms with Gasteiger partial charge in [-0.1, -0.05) is 48.5 Å². The minimum Gasteiger partial charge on any atom is -0.491 e. The second-order valence-electron chi connectivity index (χ2n) is 5.27. The molecule has 2 N–H and O–H groups in total. The van der Waals surface area contributed by atoms with Crippen LogP contribution in [-0.4, -0.2) is 36.7 Å². The number of nitrogens with one attached hydrogen (secondary N) is 2. The lowest BCUT2D eigenvalue weighted by Gasteiger charge is -2.13. The van der Waals surface area contributed by atoms with Gasteiger partial charge in [0.15, 0.2) is 0 Å². The number of benzene rings is 2. The second kappa shape index (κ2) is 8.04. The highest BCUT2D eigenvalue weighted by atomic mass is 32.2. The Hall–Kier alpha value is -1.98. The van der Waals surface area contributed by atoms with Crippen molar-refractivity contribution in [1.82, 2.24) is 10.6 Å². The molecule has 0 radical (unpaired) electrons. The molecule has 4 nitrogen and oxygen atoms in total. The first kappa shape index (κ1) is 15.9. The topological polar surface area (TPSA) is 50.4 Å². The average molecular weight is 328 g/mol. The van der Waals surface area contributed by atoms with Crippen LogP contribution in [0.25, 0.3) is 11.1 Å². The zero-order valence-electron chi connectivity index (χ0n) is 12.8. The maximum absolute atomic E-state index is 11.9. The van der Waals surface area contributed by atoms with E-state index in [9.17, 15) is 4.79 Å². The van der Waals surface area contributed by atoms with Gasteiger partial charge in [0, 0.05) is 17.2 Å². The molecule has 23 heavy (non-hydrogen) atoms. The Bertz CT molecular complexity index is 642. The number of rotatable bonds is 6. The van der Waals surface area contributed by atoms with Crippen molar-refractivity contribution in [1.29, 1.82) is 0 Å². The molecule has 120 valence electrons. The third-order valence-corrected chi connectivity index (χ3v) is 4.60. The van der Waals surface area contributed by atoms with Gasteiger partial charge >= 0.3 is 0 Å². The molecule has 2 aromatic rings. The summed E-state index contributed by atoms with van der Waals surface area (Å²) in [4.78, 5) is 11.9. The van der Waals surface area contributed by atoms with Crippen LogP contribution in [-0.2, 0) is 4.79 Å². The Kier molecular flexibility index (Phi) is 5.56. The fourth-order valence-corrected chi connectivity index (χ4v) is 3.41. The monoisotopic (exact) mass is 328 g/mol. The molecule has 0 bridgehead atoms. The zero-order valence-corrected chi connectivity index (χ0v) is 13.6. The second-order valence-corrected chi connectivity index (χ2v) is 6.30. The van der Waals surface area contributed by atoms with E-state index in [-0.39, 0.29) is 11.9 Å². The molecule has 0 saturated carbocycles. The molecule has 3 rings (SSSR count). The summed E-state index contributed by atoms with van der Waals surface area (Å²) < 4.78 is 5.86. The van der Waals surface area contributed by atoms with Crippen molar-refractivity contribution < 1.29 is 9.53 Å². The van der Waals surface area contributed by atoms with E-state index in [0.717, 1.165) is 28.5 Å². The average Bonchev–Trinajstić information content (AvgIpc) is 3.14. The highest BCUT2D eigenvalue weighted by Gasteiger charge is 2.21. The molecule has 1 amide bonds. The summed E-state index contributed by atoms with van der Waals surface area (Å²) in [5.41, 5.74) is 2.19. The molecule has 1 aliphatic rings. The summed E-state index contributed by atoms with van der Waals surface area (Å²) in [5, 5.41) is 6.07. The van der Waals surface area contributed by atoms with Gasteiger partial charge in [-0.3, -0.25) is 10.1 Å². The lowest BCUT2D eigenvalue weighted by Crippen LogP contribution is -2.43. The largest absolute Gasteiger partial charge is 0.491 e. The maximum Gasteiger partial charge on any atom is 0.238 e. The van der Waals surface area contributed by atoms with Gasteiger partial charge in [0.25, 0.3) is 0 Å². The van der Waals surface area contributed by atoms with Crippen LogP contribution in [0.5, 0.6) is 5.75 Å². The van der Waals surface area contributed by atoms with Crippen LogP contribution >= 0.6 is 11.8 Å². The third kappa shape index (κ3) is 4.27. The lowest BCUT2D eigenvalue weighted by atomic mass is 10.1. The van der Waals surface area contributed by atoms with E-state index in [2.05, 4.69) is 22.8 Å². The smallest absolute Gasteiger partial charge is 0.238 e. The minimum atomic E-state index is -0.0726. The summed E-state index contributed by atoms with van der Waals surface area (Å²) in [6, 6.07) is 18.0. The van der Waals surface area contributed by atoms with Crippen molar-refractivity contribution >= 4 is 17.7 Å². The first-order chi connectivity index (χ1) is 11.3. The molecular formula is C18H20N2O2S. The molecule has 5 heteroatoms. The molecule has 1 saturated heterocycles. The van der Waals surface area contributed by atoms with Gasteiger partial charge in [-0.2, -0.15) is 0 Å². The van der Waals surface area contributed by atoms with Crippen molar-refractivity contribution in [3.05, 3.63) is 54.6 Å². The van der Waals surface area contributed by atoms with Crippen LogP contribution in [0.15, 0.2) is 54.6 Å². The van der Waals surface area contributed by atoms with E-state index in [1.165, 1.54) is 0 Å². The Balaban J connectivity index is 1.53. The van der Waals surface area contributed by atoms with Crippen LogP contribution in [0.3, 0.4) is 0 Å². The molecule has 0 aromatic heterocycles. The number of para-hydroxylation sites is 1. The molecule has 0 spiro atoms. The van der Waals surface area contributed by atoms with Gasteiger partial charge in [-0.15, -0.1) is 11.8 Å². The molecule has 1 fully saturated rings. The Morgan fingerprint density at radius 3 is 2.74 bits per heavy atom. The Morgan fingerprint density at radius 2 is 1.96 bits per heavy atom. The van der Waals surface area contributed by atoms with Gasteiger partial charge in [0.05, 0.1) is 12.6 Å². The molecule has 1 aliphatic heterocycles. The molecule has 0 unspecified atom stereocenters. The normalized spacial score (nSPS) is 17.0. The van der Waals surface area contributed by atoms with Gasteiger partial charge in [0.2, 0.25) is 5.91 Å². The molecule has 2 aromatic carbocycles. The zero-order chi connectivity index (χ0) is 15.9. The maximum atomic E-state index is 11.9. The fourth-order valence-electron chi connectivity index (χ4n) is 2.47. The summed E-state index contributed by atoms with van der Waals surface area (Å²) in [6.45, 7) is 0.959. The molecule has 1 heterocycles. The van der Waals surface area contributed by atoms with Crippen LogP contribution in [0.4, 0.5) is 0 Å². The summed E-state index contributed by atoms with van der Waals surface area (Å²) >= 11 is 1.74. The quantitative estimate of drug-likeness (QED) is 0.800. The minimum absolute atomic E-state index is 0.0509. The van der Waals surface area contributed by atoms with E-state index in [4.69, 9.17) is 4.74 Å². The number of hydrogen-bond acceptors (Lipinski definition) is 4. The number of thioether (sulfide) groups is 1. The predicted octanol–water partition coefficient (Wildman–Crippen LogP) is 2.51. The Morgan fingerprint density at radius 1 is 1.17 bits per heavy atom. The van der Waals surface area contributed by atoms with E-state index in [1.54, 1.807) is 11.8 Å². The predicted molar refractivity (Wildman–Crippen MR) is 94.6 cm³/mol. The van der Waals surface area contributed by atoms with E-state index < -0.39 is 0 Å². The van der Waals surface area contributed by atoms with Crippen LogP contribution in [0, 0.1) is 0 Å².